The van der Waals surface area contributed by atoms with Crippen LogP contribution in [0, 0.1) is 10.1 Å². The summed E-state index contributed by atoms with van der Waals surface area (Å²) in [5.41, 5.74) is 3.49. The Labute approximate surface area is 215 Å². The molecule has 0 saturated carbocycles. The maximum atomic E-state index is 13.7. The van der Waals surface area contributed by atoms with Crippen LogP contribution in [-0.2, 0) is 0 Å². The normalized spacial score (nSPS) is 14.2. The predicted molar refractivity (Wildman–Crippen MR) is 143 cm³/mol. The van der Waals surface area contributed by atoms with Gasteiger partial charge >= 0.3 is 0 Å². The Balaban J connectivity index is 1.34. The summed E-state index contributed by atoms with van der Waals surface area (Å²) in [5.74, 6) is -0.138. The molecule has 0 atom stereocenters. The molecular weight excluding hydrogens is 466 g/mol. The molecule has 1 saturated heterocycles. The van der Waals surface area contributed by atoms with Gasteiger partial charge in [0.1, 0.15) is 5.69 Å². The lowest BCUT2D eigenvalue weighted by molar-refractivity contribution is -0.384. The van der Waals surface area contributed by atoms with Crippen molar-refractivity contribution < 1.29 is 9.72 Å². The van der Waals surface area contributed by atoms with E-state index in [-0.39, 0.29) is 11.6 Å². The molecule has 0 spiro atoms. The molecule has 0 aliphatic carbocycles. The number of rotatable bonds is 7. The number of aromatic nitrogens is 2. The van der Waals surface area contributed by atoms with E-state index in [0.29, 0.717) is 30.2 Å². The number of hydrogen-bond acceptors (Lipinski definition) is 5. The van der Waals surface area contributed by atoms with Crippen LogP contribution in [0.1, 0.15) is 16.1 Å². The first-order valence-electron chi connectivity index (χ1n) is 12.2. The van der Waals surface area contributed by atoms with E-state index < -0.39 is 4.92 Å². The van der Waals surface area contributed by atoms with Crippen LogP contribution in [0.5, 0.6) is 0 Å². The number of piperazine rings is 1. The van der Waals surface area contributed by atoms with Gasteiger partial charge in [0.25, 0.3) is 11.6 Å². The smallest absolute Gasteiger partial charge is 0.272 e. The summed E-state index contributed by atoms with van der Waals surface area (Å²) in [5, 5.41) is 16.0. The first-order chi connectivity index (χ1) is 18.1. The Bertz CT molecular complexity index is 1410. The maximum absolute atomic E-state index is 13.7. The van der Waals surface area contributed by atoms with Crippen LogP contribution in [0.4, 0.5) is 5.69 Å². The maximum Gasteiger partial charge on any atom is 0.272 e. The summed E-state index contributed by atoms with van der Waals surface area (Å²) in [6.07, 6.45) is 4.26. The number of nitrogens with zero attached hydrogens (tertiary/aromatic N) is 5. The van der Waals surface area contributed by atoms with Crippen molar-refractivity contribution in [3.63, 3.8) is 0 Å². The third kappa shape index (κ3) is 5.65. The predicted octanol–water partition coefficient (Wildman–Crippen LogP) is 4.92. The van der Waals surface area contributed by atoms with Crippen molar-refractivity contribution in [1.82, 2.24) is 19.6 Å². The molecule has 4 aromatic rings. The average molecular weight is 494 g/mol. The van der Waals surface area contributed by atoms with Gasteiger partial charge in [-0.25, -0.2) is 4.68 Å². The van der Waals surface area contributed by atoms with Crippen LogP contribution in [0.3, 0.4) is 0 Å². The molecular formula is C29H27N5O3. The van der Waals surface area contributed by atoms with Gasteiger partial charge in [0, 0.05) is 50.4 Å². The number of hydrogen-bond donors (Lipinski definition) is 0. The van der Waals surface area contributed by atoms with E-state index in [4.69, 9.17) is 0 Å². The monoisotopic (exact) mass is 493 g/mol. The Kier molecular flexibility index (Phi) is 7.19. The van der Waals surface area contributed by atoms with Crippen LogP contribution < -0.4 is 0 Å². The van der Waals surface area contributed by atoms with E-state index >= 15 is 0 Å². The second-order valence-corrected chi connectivity index (χ2v) is 8.88. The molecule has 0 unspecified atom stereocenters. The fraction of sp³-hybridized carbons (Fsp3) is 0.172. The van der Waals surface area contributed by atoms with Gasteiger partial charge in [-0.1, -0.05) is 78.9 Å². The van der Waals surface area contributed by atoms with Crippen LogP contribution in [0.25, 0.3) is 23.0 Å². The third-order valence-electron chi connectivity index (χ3n) is 6.42. The standard InChI is InChI=1S/C29H27N5O3/c35-29(32-19-17-31(18-20-32)16-8-11-23-9-3-1-4-10-23)28-22-27(24-12-5-2-6-13-24)30-33(28)25-14-7-15-26(21-25)34(36)37/h1-15,21-22H,16-20H2/b11-8+. The minimum Gasteiger partial charge on any atom is -0.335 e. The van der Waals surface area contributed by atoms with Gasteiger partial charge in [-0.2, -0.15) is 5.10 Å². The first kappa shape index (κ1) is 24.1. The molecule has 1 fully saturated rings. The molecule has 8 nitrogen and oxygen atoms in total. The second kappa shape index (κ2) is 11.0. The first-order valence-corrected chi connectivity index (χ1v) is 12.2. The highest BCUT2D eigenvalue weighted by Crippen LogP contribution is 2.25. The number of non-ortho nitro benzene ring substituents is 1. The highest BCUT2D eigenvalue weighted by molar-refractivity contribution is 5.94. The molecule has 1 aromatic heterocycles. The number of amides is 1. The Morgan fingerprint density at radius 3 is 2.30 bits per heavy atom. The highest BCUT2D eigenvalue weighted by atomic mass is 16.6. The zero-order valence-electron chi connectivity index (χ0n) is 20.3. The Morgan fingerprint density at radius 2 is 1.59 bits per heavy atom. The zero-order valence-corrected chi connectivity index (χ0v) is 20.3. The molecule has 37 heavy (non-hydrogen) atoms. The molecule has 3 aromatic carbocycles. The number of carbonyl (C=O) groups is 1. The second-order valence-electron chi connectivity index (χ2n) is 8.88. The largest absolute Gasteiger partial charge is 0.335 e. The summed E-state index contributed by atoms with van der Waals surface area (Å²) in [4.78, 5) is 28.7. The summed E-state index contributed by atoms with van der Waals surface area (Å²) >= 11 is 0. The number of benzene rings is 3. The van der Waals surface area contributed by atoms with Crippen LogP contribution in [-0.4, -0.2) is 63.1 Å². The van der Waals surface area contributed by atoms with Gasteiger partial charge in [0.15, 0.2) is 0 Å². The molecule has 1 aliphatic heterocycles. The molecule has 2 heterocycles. The summed E-state index contributed by atoms with van der Waals surface area (Å²) in [6.45, 7) is 3.54. The molecule has 5 rings (SSSR count). The molecule has 0 bridgehead atoms. The summed E-state index contributed by atoms with van der Waals surface area (Å²) in [7, 11) is 0. The van der Waals surface area contributed by atoms with Crippen LogP contribution in [0.15, 0.2) is 97.1 Å². The van der Waals surface area contributed by atoms with E-state index in [2.05, 4.69) is 34.3 Å². The van der Waals surface area contributed by atoms with Crippen molar-refractivity contribution >= 4 is 17.7 Å². The van der Waals surface area contributed by atoms with Gasteiger partial charge in [0.2, 0.25) is 0 Å². The fourth-order valence-electron chi connectivity index (χ4n) is 4.42. The van der Waals surface area contributed by atoms with Crippen molar-refractivity contribution in [1.29, 1.82) is 0 Å². The van der Waals surface area contributed by atoms with Crippen molar-refractivity contribution in [2.45, 2.75) is 0 Å². The number of carbonyl (C=O) groups excluding carboxylic acids is 1. The van der Waals surface area contributed by atoms with Crippen LogP contribution >= 0.6 is 0 Å². The summed E-state index contributed by atoms with van der Waals surface area (Å²) < 4.78 is 1.52. The minimum atomic E-state index is -0.446. The van der Waals surface area contributed by atoms with E-state index in [1.54, 1.807) is 18.2 Å². The fourth-order valence-corrected chi connectivity index (χ4v) is 4.42. The van der Waals surface area contributed by atoms with Crippen molar-refractivity contribution in [2.75, 3.05) is 32.7 Å². The zero-order chi connectivity index (χ0) is 25.6. The van der Waals surface area contributed by atoms with E-state index in [1.165, 1.54) is 22.4 Å². The Morgan fingerprint density at radius 1 is 0.892 bits per heavy atom. The van der Waals surface area contributed by atoms with Gasteiger partial charge < -0.3 is 4.90 Å². The number of nitro benzene ring substituents is 1. The topological polar surface area (TPSA) is 84.5 Å². The average Bonchev–Trinajstić information content (AvgIpc) is 3.40. The molecule has 186 valence electrons. The SMILES string of the molecule is O=C(c1cc(-c2ccccc2)nn1-c1cccc([N+](=O)[O-])c1)N1CCN(C/C=C/c2ccccc2)CC1. The lowest BCUT2D eigenvalue weighted by Gasteiger charge is -2.34. The van der Waals surface area contributed by atoms with E-state index in [9.17, 15) is 14.9 Å². The third-order valence-corrected chi connectivity index (χ3v) is 6.42. The molecule has 1 amide bonds. The van der Waals surface area contributed by atoms with Crippen LogP contribution in [0.2, 0.25) is 0 Å². The molecule has 0 N–H and O–H groups in total. The molecule has 1 aliphatic rings. The van der Waals surface area contributed by atoms with E-state index in [0.717, 1.165) is 25.2 Å². The van der Waals surface area contributed by atoms with Gasteiger partial charge in [-0.3, -0.25) is 19.8 Å². The van der Waals surface area contributed by atoms with Crippen molar-refractivity contribution in [3.8, 4) is 16.9 Å². The lowest BCUT2D eigenvalue weighted by Crippen LogP contribution is -2.49. The minimum absolute atomic E-state index is 0.0511. The van der Waals surface area contributed by atoms with E-state index in [1.807, 2.05) is 53.4 Å². The highest BCUT2D eigenvalue weighted by Gasteiger charge is 2.26. The molecule has 0 radical (unpaired) electrons. The van der Waals surface area contributed by atoms with Gasteiger partial charge in [0.05, 0.1) is 16.3 Å². The Hall–Kier alpha value is -4.56. The number of nitro groups is 1. The lowest BCUT2D eigenvalue weighted by atomic mass is 10.1. The van der Waals surface area contributed by atoms with Gasteiger partial charge in [-0.05, 0) is 17.7 Å². The van der Waals surface area contributed by atoms with Crippen molar-refractivity contribution in [3.05, 3.63) is 118 Å². The summed E-state index contributed by atoms with van der Waals surface area (Å²) in [6, 6.07) is 27.7. The molecule has 8 heteroatoms. The van der Waals surface area contributed by atoms with Gasteiger partial charge in [-0.15, -0.1) is 0 Å². The quantitative estimate of drug-likeness (QED) is 0.270. The van der Waals surface area contributed by atoms with Crippen molar-refractivity contribution in [2.24, 2.45) is 0 Å².